The number of hydrogen-bond acceptors (Lipinski definition) is 27. The van der Waals surface area contributed by atoms with Crippen LogP contribution in [-0.4, -0.2) is 207 Å². The molecule has 4 aromatic heterocycles. The number of halogens is 10. The Kier molecular flexibility index (Phi) is 57.2. The molecule has 812 valence electrons. The van der Waals surface area contributed by atoms with Crippen LogP contribution in [0, 0.1) is 42.4 Å². The number of methoxy groups -OCH3 is 6. The van der Waals surface area contributed by atoms with E-state index < -0.39 is 53.4 Å². The Morgan fingerprint density at radius 2 is 0.886 bits per heavy atom. The van der Waals surface area contributed by atoms with Crippen molar-refractivity contribution in [3.63, 3.8) is 0 Å². The summed E-state index contributed by atoms with van der Waals surface area (Å²) in [5.41, 5.74) is 24.0. The molecule has 0 saturated carbocycles. The van der Waals surface area contributed by atoms with Crippen LogP contribution in [0.2, 0.25) is 40.2 Å². The van der Waals surface area contributed by atoms with E-state index in [0.29, 0.717) is 138 Å². The molecule has 0 saturated heterocycles. The molecule has 0 radical (unpaired) electrons. The van der Waals surface area contributed by atoms with Crippen LogP contribution in [0.15, 0.2) is 112 Å². The van der Waals surface area contributed by atoms with Gasteiger partial charge in [-0.15, -0.1) is 47.3 Å². The van der Waals surface area contributed by atoms with Gasteiger partial charge in [0.05, 0.1) is 147 Å². The molecule has 8 heterocycles. The summed E-state index contributed by atoms with van der Waals surface area (Å²) in [5.74, 6) is -0.824. The summed E-state index contributed by atoms with van der Waals surface area (Å²) in [5, 5.41) is 43.7. The SMILES string of the molecule is C.C#CC[C@H](C)C(=O)O.C#CC[C@H](C)C(=O)OC.CC(C)N=[N+]=[N-].COC(=O)[C@@H](C)Cc1cn(C(C)C)nn1.COC(=O)[C@@H](N)Cc1cn(C(C)C)nn1.COC(=O)c1c(Cl)cc2c(c1Cl)CCN(C(=O)OC(C)(C)C)C2.COC(=O)c1c(Cl)cc2c(c1Cl)CCN(C(=O)c1ccc3ccoc3c1)C2.COC(=O)c1c(Cl)cc2c(c1Cl)CCNC2.Cl.O=C(O)c1c(Cl)cc2c(c1Cl)CCN(C(=O)c1ccc3ccoc3c1)C2.[Cu][I]. The zero-order chi connectivity index (χ0) is 110. The van der Waals surface area contributed by atoms with Crippen molar-refractivity contribution in [1.29, 1.82) is 0 Å². The van der Waals surface area contributed by atoms with Crippen molar-refractivity contribution >= 4 is 213 Å². The Bertz CT molecular complexity index is 6380. The number of nitrogens with one attached hydrogen (secondary N) is 1. The van der Waals surface area contributed by atoms with Crippen molar-refractivity contribution < 1.29 is 118 Å². The number of esters is 6. The Morgan fingerprint density at radius 1 is 0.523 bits per heavy atom. The van der Waals surface area contributed by atoms with Gasteiger partial charge >= 0.3 is 87.0 Å². The van der Waals surface area contributed by atoms with Crippen LogP contribution >= 0.6 is 126 Å². The Balaban J connectivity index is 0.000000443. The number of aromatic nitrogens is 6. The van der Waals surface area contributed by atoms with Crippen LogP contribution in [0.4, 0.5) is 4.79 Å². The number of benzene rings is 6. The van der Waals surface area contributed by atoms with E-state index in [2.05, 4.69) is 79.5 Å². The number of carboxylic acids is 2. The van der Waals surface area contributed by atoms with Crippen molar-refractivity contribution in [3.05, 3.63) is 238 Å². The molecule has 0 fully saturated rings. The minimum absolute atomic E-state index is 0. The Hall–Kier alpha value is -11.1. The van der Waals surface area contributed by atoms with Gasteiger partial charge in [-0.25, -0.2) is 33.3 Å². The first-order chi connectivity index (χ1) is 69.5. The van der Waals surface area contributed by atoms with Crippen molar-refractivity contribution in [2.45, 2.75) is 198 Å². The summed E-state index contributed by atoms with van der Waals surface area (Å²) in [7, 11) is 7.94. The molecule has 4 aliphatic heterocycles. The number of nitrogens with two attached hydrogens (primary N) is 1. The second-order valence-corrected chi connectivity index (χ2v) is 37.8. The molecular formula is C102H121Cl9CuIN14O22. The van der Waals surface area contributed by atoms with E-state index in [-0.39, 0.29) is 116 Å². The first kappa shape index (κ1) is 132. The maximum atomic E-state index is 12.9. The normalized spacial score (nSPS) is 12.9. The number of terminal acetylenes is 2. The third-order valence-electron chi connectivity index (χ3n) is 21.9. The molecule has 0 spiro atoms. The van der Waals surface area contributed by atoms with Gasteiger partial charge in [0.15, 0.2) is 0 Å². The van der Waals surface area contributed by atoms with Crippen molar-refractivity contribution in [3.8, 4) is 24.7 Å². The van der Waals surface area contributed by atoms with Crippen molar-refractivity contribution in [2.24, 2.45) is 28.6 Å². The second-order valence-electron chi connectivity index (χ2n) is 34.7. The molecule has 10 aromatic rings. The van der Waals surface area contributed by atoms with E-state index >= 15 is 0 Å². The fraction of sp³-hybridized carbons (Fsp3) is 0.422. The summed E-state index contributed by atoms with van der Waals surface area (Å²) in [4.78, 5) is 135. The van der Waals surface area contributed by atoms with Gasteiger partial charge in [0.1, 0.15) is 22.8 Å². The van der Waals surface area contributed by atoms with E-state index in [0.717, 1.165) is 80.5 Å². The second kappa shape index (κ2) is 64.5. The molecule has 0 bridgehead atoms. The summed E-state index contributed by atoms with van der Waals surface area (Å²) in [6.45, 7) is 26.3. The molecule has 0 aliphatic carbocycles. The fourth-order valence-corrected chi connectivity index (χ4v) is 17.2. The number of amides is 3. The number of carbonyl (C=O) groups excluding carboxylic acids is 9. The molecule has 3 amide bonds. The molecule has 6 aromatic carbocycles. The van der Waals surface area contributed by atoms with Gasteiger partial charge in [0.25, 0.3) is 11.8 Å². The van der Waals surface area contributed by atoms with Crippen LogP contribution in [0.1, 0.15) is 233 Å². The average Bonchev–Trinajstić information content (AvgIpc) is 1.49. The van der Waals surface area contributed by atoms with Crippen molar-refractivity contribution in [1.82, 2.24) is 50.0 Å². The zero-order valence-electron chi connectivity index (χ0n) is 84.4. The molecule has 14 rings (SSSR count). The van der Waals surface area contributed by atoms with E-state index in [9.17, 15) is 57.8 Å². The third kappa shape index (κ3) is 38.9. The molecule has 0 unspecified atom stereocenters. The zero-order valence-corrected chi connectivity index (χ0v) is 94.3. The van der Waals surface area contributed by atoms with Crippen LogP contribution < -0.4 is 11.1 Å². The van der Waals surface area contributed by atoms with Gasteiger partial charge in [-0.2, -0.15) is 0 Å². The first-order valence-electron chi connectivity index (χ1n) is 45.2. The van der Waals surface area contributed by atoms with Gasteiger partial charge in [0.2, 0.25) is 0 Å². The quantitative estimate of drug-likeness (QED) is 0.00853. The topological polar surface area (TPSA) is 477 Å². The van der Waals surface area contributed by atoms with Crippen LogP contribution in [0.5, 0.6) is 0 Å². The van der Waals surface area contributed by atoms with Crippen molar-refractivity contribution in [2.75, 3.05) is 68.8 Å². The van der Waals surface area contributed by atoms with Gasteiger partial charge in [-0.05, 0) is 191 Å². The maximum absolute atomic E-state index is 12.9. The monoisotopic (exact) mass is 2400 g/mol. The van der Waals surface area contributed by atoms with E-state index in [1.165, 1.54) is 42.7 Å². The number of carboxylic acid groups (broad SMARTS) is 2. The number of carbonyl (C=O) groups is 11. The molecule has 5 N–H and O–H groups in total. The third-order valence-corrected chi connectivity index (χ3v) is 24.8. The number of furan rings is 2. The number of aliphatic carboxylic acids is 1. The molecular weight excluding hydrogens is 2280 g/mol. The minimum atomic E-state index is -1.16. The molecule has 47 heteroatoms. The summed E-state index contributed by atoms with van der Waals surface area (Å²) >= 11 is 55.5. The van der Waals surface area contributed by atoms with E-state index in [1.54, 1.807) is 126 Å². The predicted octanol–water partition coefficient (Wildman–Crippen LogP) is 22.2. The number of ether oxygens (including phenoxy) is 7. The van der Waals surface area contributed by atoms with Gasteiger partial charge in [0, 0.05) is 129 Å². The Labute approximate surface area is 930 Å². The number of fused-ring (bicyclic) bond motifs is 6. The Morgan fingerprint density at radius 3 is 1.23 bits per heavy atom. The van der Waals surface area contributed by atoms with Gasteiger partial charge < -0.3 is 78.0 Å². The molecule has 4 aliphatic rings. The molecule has 149 heavy (non-hydrogen) atoms. The fourth-order valence-electron chi connectivity index (χ4n) is 14.2. The van der Waals surface area contributed by atoms with Crippen LogP contribution in [0.25, 0.3) is 32.4 Å². The standard InChI is InChI=1S/C20H15Cl2NO4.C19H13Cl2NO4.C16H19Cl2NO4.C11H11Cl2NO2.C10H17N3O2.C9H16N4O2.C7H10O2.C6H8O2.C3H7N3.CH4.ClH.Cu.HI/c1-26-20(25)17-15(21)8-13-10-23(6-4-14(13)18(17)22)19(24)12-3-2-11-5-7-27-16(11)9-12;20-14-7-12-9-22(5-3-13(12)17(21)16(14)19(24)25)18(23)11-2-1-10-4-6-26-15(10)8-11;1-16(2,3)23-15(21)19-6-5-10-9(8-19)7-11(17)12(13(10)18)14(20)22-4;1-16-11(15)9-8(12)4-6-5-14-3-2-7(6)10(9)13;1-7(2)13-6-9(11-12-13)5-8(3)10(14)15-4;1-6(2)13-5-7(11-12-13)4-8(10)9(14)15-3;1-4-5-6(2)7(8)9-3;1-3-4-5(2)6(7)8;1-3(2)5-6-4;;;;/h2-3,5,7-9H,4,6,10H2,1H3;1-2,4,6-8H,3,5,9H2,(H,24,25);7H,5-6,8H2,1-4H3;4,14H,2-3,5H2,1H3;6-8H,5H2,1-4H3;5-6,8H,4,10H2,1-3H3;1,6H,5H2,2-3H3;1,5H,4H2,2H3,(H,7,8);3H,1-2H3;1H4;1H;;1H/q;;;;;;;;;;;+1;/p-1/t;;;;2*8-;6-;5-;;;;;/m....0000...../s1. The van der Waals surface area contributed by atoms with Gasteiger partial charge in [-0.3, -0.25) is 28.8 Å². The number of azide groups is 1. The number of nitrogens with zero attached hydrogens (tertiary/aromatic N) is 12. The summed E-state index contributed by atoms with van der Waals surface area (Å²) in [6, 6.07) is 21.1. The van der Waals surface area contributed by atoms with E-state index in [1.807, 2.05) is 99.7 Å². The number of hydrogen-bond donors (Lipinski definition) is 4. The summed E-state index contributed by atoms with van der Waals surface area (Å²) < 4.78 is 47.3. The van der Waals surface area contributed by atoms with E-state index in [4.69, 9.17) is 145 Å². The first-order valence-corrected chi connectivity index (χ1v) is 51.3. The molecule has 36 nitrogen and oxygen atoms in total. The number of aromatic carboxylic acids is 1. The summed E-state index contributed by atoms with van der Waals surface area (Å²) in [6.07, 6.45) is 20.3. The number of rotatable bonds is 19. The predicted molar refractivity (Wildman–Crippen MR) is 578 cm³/mol. The van der Waals surface area contributed by atoms with Gasteiger partial charge in [-0.1, -0.05) is 163 Å². The molecule has 4 atom stereocenters. The van der Waals surface area contributed by atoms with Crippen LogP contribution in [-0.2, 0) is 130 Å². The average molecular weight is 2400 g/mol. The van der Waals surface area contributed by atoms with Crippen LogP contribution in [0.3, 0.4) is 0 Å².